The number of para-hydroxylation sites is 2. The number of benzene rings is 2. The second-order valence-electron chi connectivity index (χ2n) is 5.87. The Hall–Kier alpha value is -3.07. The summed E-state index contributed by atoms with van der Waals surface area (Å²) in [6.07, 6.45) is -1.33. The zero-order valence-corrected chi connectivity index (χ0v) is 15.0. The standard InChI is InChI=1S/C18H17NO7S/c20-17(21)10-14-11-19(15-8-4-5-9-16(15)26-14)27(23,24)18(22)25-12-13-6-2-1-3-7-13/h1-9,14H,10-12H2,(H,20,21)/t14-/m0/s1. The second kappa shape index (κ2) is 7.67. The summed E-state index contributed by atoms with van der Waals surface area (Å²) in [5.41, 5.74) is 0.808. The molecular formula is C18H17NO7S. The van der Waals surface area contributed by atoms with Gasteiger partial charge in [0.05, 0.1) is 18.7 Å². The average Bonchev–Trinajstić information content (AvgIpc) is 2.65. The Morgan fingerprint density at radius 2 is 1.78 bits per heavy atom. The van der Waals surface area contributed by atoms with Crippen molar-refractivity contribution in [2.45, 2.75) is 19.1 Å². The van der Waals surface area contributed by atoms with E-state index < -0.39 is 33.8 Å². The molecule has 2 aromatic carbocycles. The molecule has 27 heavy (non-hydrogen) atoms. The smallest absolute Gasteiger partial charge is 0.445 e. The van der Waals surface area contributed by atoms with Gasteiger partial charge >= 0.3 is 21.3 Å². The maximum absolute atomic E-state index is 12.7. The van der Waals surface area contributed by atoms with Gasteiger partial charge in [0, 0.05) is 0 Å². The number of carboxylic acids is 1. The Bertz CT molecular complexity index is 943. The van der Waals surface area contributed by atoms with Crippen molar-refractivity contribution in [1.82, 2.24) is 0 Å². The number of nitrogens with zero attached hydrogens (tertiary/aromatic N) is 1. The molecule has 1 N–H and O–H groups in total. The van der Waals surface area contributed by atoms with E-state index in [0.29, 0.717) is 5.56 Å². The van der Waals surface area contributed by atoms with E-state index in [1.807, 2.05) is 0 Å². The Labute approximate surface area is 156 Å². The topological polar surface area (TPSA) is 110 Å². The molecule has 0 aromatic heterocycles. The average molecular weight is 391 g/mol. The Balaban J connectivity index is 1.83. The van der Waals surface area contributed by atoms with Gasteiger partial charge in [0.25, 0.3) is 0 Å². The molecule has 0 saturated carbocycles. The highest BCUT2D eigenvalue weighted by molar-refractivity contribution is 8.06. The molecule has 0 amide bonds. The second-order valence-corrected chi connectivity index (χ2v) is 7.59. The maximum atomic E-state index is 12.7. The van der Waals surface area contributed by atoms with Gasteiger partial charge in [-0.05, 0) is 17.7 Å². The summed E-state index contributed by atoms with van der Waals surface area (Å²) in [6, 6.07) is 14.9. The van der Waals surface area contributed by atoms with Crippen LogP contribution in [0, 0.1) is 0 Å². The van der Waals surface area contributed by atoms with Gasteiger partial charge in [-0.15, -0.1) is 0 Å². The number of aliphatic carboxylic acids is 1. The number of rotatable bonds is 5. The number of sulfonamides is 1. The highest BCUT2D eigenvalue weighted by Crippen LogP contribution is 2.36. The third-order valence-corrected chi connectivity index (χ3v) is 5.36. The number of fused-ring (bicyclic) bond motifs is 1. The number of hydrogen-bond donors (Lipinski definition) is 1. The van der Waals surface area contributed by atoms with Crippen molar-refractivity contribution in [3.05, 3.63) is 60.2 Å². The summed E-state index contributed by atoms with van der Waals surface area (Å²) >= 11 is 0. The third kappa shape index (κ3) is 4.20. The lowest BCUT2D eigenvalue weighted by Crippen LogP contribution is -2.46. The quantitative estimate of drug-likeness (QED) is 0.779. The van der Waals surface area contributed by atoms with E-state index in [1.54, 1.807) is 42.5 Å². The molecule has 0 spiro atoms. The molecular weight excluding hydrogens is 374 g/mol. The molecule has 0 fully saturated rings. The number of hydrogen-bond acceptors (Lipinski definition) is 6. The Morgan fingerprint density at radius 3 is 2.48 bits per heavy atom. The molecule has 1 aliphatic rings. The minimum Gasteiger partial charge on any atom is -0.486 e. The van der Waals surface area contributed by atoms with Crippen LogP contribution in [-0.2, 0) is 26.2 Å². The van der Waals surface area contributed by atoms with Crippen LogP contribution >= 0.6 is 0 Å². The summed E-state index contributed by atoms with van der Waals surface area (Å²) in [4.78, 5) is 23.3. The zero-order chi connectivity index (χ0) is 19.4. The fourth-order valence-corrected chi connectivity index (χ4v) is 3.83. The van der Waals surface area contributed by atoms with Crippen LogP contribution < -0.4 is 9.04 Å². The Kier molecular flexibility index (Phi) is 5.31. The minimum absolute atomic E-state index is 0.163. The van der Waals surface area contributed by atoms with Crippen molar-refractivity contribution in [1.29, 1.82) is 0 Å². The van der Waals surface area contributed by atoms with Crippen molar-refractivity contribution in [3.8, 4) is 5.75 Å². The van der Waals surface area contributed by atoms with Gasteiger partial charge in [-0.3, -0.25) is 9.10 Å². The molecule has 0 radical (unpaired) electrons. The van der Waals surface area contributed by atoms with Crippen LogP contribution in [0.15, 0.2) is 54.6 Å². The van der Waals surface area contributed by atoms with Gasteiger partial charge in [-0.2, -0.15) is 8.42 Å². The molecule has 142 valence electrons. The first-order valence-electron chi connectivity index (χ1n) is 8.09. The minimum atomic E-state index is -4.52. The van der Waals surface area contributed by atoms with Crippen LogP contribution in [0.5, 0.6) is 5.75 Å². The molecule has 2 aromatic rings. The normalized spacial score (nSPS) is 16.1. The van der Waals surface area contributed by atoms with E-state index in [9.17, 15) is 18.0 Å². The molecule has 3 rings (SSSR count). The summed E-state index contributed by atoms with van der Waals surface area (Å²) < 4.78 is 36.8. The van der Waals surface area contributed by atoms with Crippen LogP contribution in [0.3, 0.4) is 0 Å². The van der Waals surface area contributed by atoms with E-state index in [-0.39, 0.29) is 24.6 Å². The number of carboxylic acid groups (broad SMARTS) is 1. The third-order valence-electron chi connectivity index (χ3n) is 3.90. The molecule has 0 aliphatic carbocycles. The largest absolute Gasteiger partial charge is 0.486 e. The first-order valence-corrected chi connectivity index (χ1v) is 9.53. The maximum Gasteiger partial charge on any atom is 0.445 e. The van der Waals surface area contributed by atoms with Crippen molar-refractivity contribution in [2.75, 3.05) is 10.8 Å². The Morgan fingerprint density at radius 1 is 1.11 bits per heavy atom. The molecule has 9 heteroatoms. The molecule has 0 bridgehead atoms. The van der Waals surface area contributed by atoms with E-state index in [2.05, 4.69) is 0 Å². The first kappa shape index (κ1) is 18.7. The van der Waals surface area contributed by atoms with Crippen LogP contribution in [0.4, 0.5) is 10.5 Å². The fourth-order valence-electron chi connectivity index (χ4n) is 2.67. The van der Waals surface area contributed by atoms with E-state index in [4.69, 9.17) is 14.6 Å². The summed E-state index contributed by atoms with van der Waals surface area (Å²) in [5, 5.41) is 7.58. The summed E-state index contributed by atoms with van der Waals surface area (Å²) in [6.45, 7) is -0.491. The number of anilines is 1. The van der Waals surface area contributed by atoms with Gasteiger partial charge < -0.3 is 14.6 Å². The van der Waals surface area contributed by atoms with Crippen LogP contribution in [-0.4, -0.2) is 37.4 Å². The predicted octanol–water partition coefficient (Wildman–Crippen LogP) is 2.40. The van der Waals surface area contributed by atoms with E-state index >= 15 is 0 Å². The van der Waals surface area contributed by atoms with Gasteiger partial charge in [0.15, 0.2) is 0 Å². The van der Waals surface area contributed by atoms with Crippen molar-refractivity contribution < 1.29 is 32.6 Å². The summed E-state index contributed by atoms with van der Waals surface area (Å²) in [5.74, 6) is -0.946. The molecule has 0 saturated heterocycles. The van der Waals surface area contributed by atoms with E-state index in [0.717, 1.165) is 4.31 Å². The van der Waals surface area contributed by atoms with Gasteiger partial charge in [-0.1, -0.05) is 42.5 Å². The fraction of sp³-hybridized carbons (Fsp3) is 0.222. The number of carbonyl (C=O) groups is 2. The lowest BCUT2D eigenvalue weighted by molar-refractivity contribution is -0.138. The van der Waals surface area contributed by atoms with Crippen molar-refractivity contribution >= 4 is 27.0 Å². The highest BCUT2D eigenvalue weighted by atomic mass is 32.2. The number of carbonyl (C=O) groups excluding carboxylic acids is 1. The van der Waals surface area contributed by atoms with Crippen LogP contribution in [0.25, 0.3) is 0 Å². The van der Waals surface area contributed by atoms with E-state index in [1.165, 1.54) is 12.1 Å². The summed E-state index contributed by atoms with van der Waals surface area (Å²) in [7, 11) is -4.52. The molecule has 1 atom stereocenters. The van der Waals surface area contributed by atoms with Gasteiger partial charge in [0.2, 0.25) is 0 Å². The molecule has 8 nitrogen and oxygen atoms in total. The molecule has 1 heterocycles. The SMILES string of the molecule is O=C(O)C[C@H]1CN(S(=O)(=O)C(=O)OCc2ccccc2)c2ccccc2O1. The van der Waals surface area contributed by atoms with Gasteiger partial charge in [0.1, 0.15) is 18.5 Å². The van der Waals surface area contributed by atoms with Crippen molar-refractivity contribution in [3.63, 3.8) is 0 Å². The van der Waals surface area contributed by atoms with Crippen LogP contribution in [0.1, 0.15) is 12.0 Å². The van der Waals surface area contributed by atoms with Crippen LogP contribution in [0.2, 0.25) is 0 Å². The molecule has 1 aliphatic heterocycles. The predicted molar refractivity (Wildman–Crippen MR) is 96.0 cm³/mol. The monoisotopic (exact) mass is 391 g/mol. The number of ether oxygens (including phenoxy) is 2. The molecule has 0 unspecified atom stereocenters. The first-order chi connectivity index (χ1) is 12.9. The van der Waals surface area contributed by atoms with Crippen molar-refractivity contribution in [2.24, 2.45) is 0 Å². The highest BCUT2D eigenvalue weighted by Gasteiger charge is 2.39. The lowest BCUT2D eigenvalue weighted by Gasteiger charge is -2.34. The lowest BCUT2D eigenvalue weighted by atomic mass is 10.2. The zero-order valence-electron chi connectivity index (χ0n) is 14.1. The van der Waals surface area contributed by atoms with Gasteiger partial charge in [-0.25, -0.2) is 4.79 Å².